The first kappa shape index (κ1) is 14.2. The highest BCUT2D eigenvalue weighted by Crippen LogP contribution is 2.19. The first-order valence-corrected chi connectivity index (χ1v) is 5.87. The van der Waals surface area contributed by atoms with E-state index in [4.69, 9.17) is 4.74 Å². The summed E-state index contributed by atoms with van der Waals surface area (Å²) in [6.07, 6.45) is 0.880. The summed E-state index contributed by atoms with van der Waals surface area (Å²) in [6, 6.07) is 7.03. The van der Waals surface area contributed by atoms with Gasteiger partial charge in [-0.2, -0.15) is 5.21 Å². The van der Waals surface area contributed by atoms with E-state index in [-0.39, 0.29) is 30.4 Å². The number of tetrazole rings is 1. The maximum Gasteiger partial charge on any atom is 0.361 e. The molecule has 0 bridgehead atoms. The van der Waals surface area contributed by atoms with E-state index in [0.29, 0.717) is 5.75 Å². The van der Waals surface area contributed by atoms with Crippen LogP contribution in [0.5, 0.6) is 11.8 Å². The summed E-state index contributed by atoms with van der Waals surface area (Å²) in [5, 5.41) is 18.9. The molecule has 1 aliphatic rings. The first-order valence-electron chi connectivity index (χ1n) is 5.87. The van der Waals surface area contributed by atoms with Crippen LogP contribution in [0, 0.1) is 0 Å². The topological polar surface area (TPSA) is 105 Å². The Bertz CT molecular complexity index is 555. The van der Waals surface area contributed by atoms with E-state index in [1.165, 1.54) is 0 Å². The van der Waals surface area contributed by atoms with Gasteiger partial charge in [-0.3, -0.25) is 4.79 Å². The summed E-state index contributed by atoms with van der Waals surface area (Å²) < 4.78 is 5.32. The number of halogens is 1. The monoisotopic (exact) mass is 296 g/mol. The third kappa shape index (κ3) is 3.22. The van der Waals surface area contributed by atoms with Gasteiger partial charge in [-0.1, -0.05) is 10.2 Å². The summed E-state index contributed by atoms with van der Waals surface area (Å²) >= 11 is 0. The number of carbonyl (C=O) groups is 1. The molecule has 3 rings (SSSR count). The SMILES string of the molecule is Cl.O=C(Nc1ccc(Oc2nn[nH]n2)cc1)C1CCN1. The van der Waals surface area contributed by atoms with Gasteiger partial charge in [0.25, 0.3) is 0 Å². The fraction of sp³-hybridized carbons (Fsp3) is 0.273. The molecule has 0 spiro atoms. The summed E-state index contributed by atoms with van der Waals surface area (Å²) in [5.74, 6) is 0.555. The molecule has 1 aromatic heterocycles. The van der Waals surface area contributed by atoms with Crippen LogP contribution in [0.2, 0.25) is 0 Å². The number of aromatic amines is 1. The van der Waals surface area contributed by atoms with Crippen molar-refractivity contribution in [1.29, 1.82) is 0 Å². The lowest BCUT2D eigenvalue weighted by molar-refractivity contribution is -0.119. The molecule has 1 unspecified atom stereocenters. The number of aromatic nitrogens is 4. The third-order valence-electron chi connectivity index (χ3n) is 2.80. The van der Waals surface area contributed by atoms with E-state index in [2.05, 4.69) is 31.3 Å². The quantitative estimate of drug-likeness (QED) is 0.767. The zero-order valence-electron chi connectivity index (χ0n) is 10.4. The van der Waals surface area contributed by atoms with Crippen molar-refractivity contribution in [3.8, 4) is 11.8 Å². The van der Waals surface area contributed by atoms with Crippen LogP contribution in [0.25, 0.3) is 0 Å². The van der Waals surface area contributed by atoms with Crippen molar-refractivity contribution in [3.05, 3.63) is 24.3 Å². The first-order chi connectivity index (χ1) is 9.31. The van der Waals surface area contributed by atoms with Crippen LogP contribution in [0.15, 0.2) is 24.3 Å². The van der Waals surface area contributed by atoms with E-state index in [0.717, 1.165) is 18.7 Å². The second-order valence-corrected chi connectivity index (χ2v) is 4.11. The minimum atomic E-state index is -0.0738. The zero-order chi connectivity index (χ0) is 13.1. The predicted molar refractivity (Wildman–Crippen MR) is 73.0 cm³/mol. The van der Waals surface area contributed by atoms with E-state index in [9.17, 15) is 4.79 Å². The molecule has 2 heterocycles. The molecule has 1 aromatic carbocycles. The van der Waals surface area contributed by atoms with Gasteiger partial charge >= 0.3 is 6.01 Å². The van der Waals surface area contributed by atoms with Crippen LogP contribution >= 0.6 is 12.4 Å². The Balaban J connectivity index is 0.00000147. The minimum absolute atomic E-state index is 0. The van der Waals surface area contributed by atoms with Crippen molar-refractivity contribution in [3.63, 3.8) is 0 Å². The largest absolute Gasteiger partial charge is 0.422 e. The number of benzene rings is 1. The molecule has 0 radical (unpaired) electrons. The van der Waals surface area contributed by atoms with Crippen LogP contribution in [0.4, 0.5) is 5.69 Å². The number of anilines is 1. The summed E-state index contributed by atoms with van der Waals surface area (Å²) in [7, 11) is 0. The zero-order valence-corrected chi connectivity index (χ0v) is 11.2. The van der Waals surface area contributed by atoms with Gasteiger partial charge in [0.05, 0.1) is 6.04 Å². The molecule has 3 N–H and O–H groups in total. The average Bonchev–Trinajstić information content (AvgIpc) is 2.82. The Hall–Kier alpha value is -2.19. The van der Waals surface area contributed by atoms with Crippen LogP contribution < -0.4 is 15.4 Å². The molecular weight excluding hydrogens is 284 g/mol. The normalized spacial score (nSPS) is 16.7. The molecule has 9 heteroatoms. The summed E-state index contributed by atoms with van der Waals surface area (Å²) in [5.41, 5.74) is 0.721. The van der Waals surface area contributed by atoms with Crippen molar-refractivity contribution in [2.75, 3.05) is 11.9 Å². The fourth-order valence-corrected chi connectivity index (χ4v) is 1.65. The van der Waals surface area contributed by atoms with Crippen molar-refractivity contribution in [2.45, 2.75) is 12.5 Å². The Labute approximate surface area is 120 Å². The van der Waals surface area contributed by atoms with Crippen molar-refractivity contribution in [2.24, 2.45) is 0 Å². The second-order valence-electron chi connectivity index (χ2n) is 4.11. The van der Waals surface area contributed by atoms with Gasteiger partial charge in [-0.05, 0) is 42.4 Å². The lowest BCUT2D eigenvalue weighted by Crippen LogP contribution is -2.50. The maximum atomic E-state index is 11.7. The van der Waals surface area contributed by atoms with E-state index < -0.39 is 0 Å². The molecular formula is C11H13ClN6O2. The van der Waals surface area contributed by atoms with E-state index in [1.807, 2.05) is 0 Å². The smallest absolute Gasteiger partial charge is 0.361 e. The highest BCUT2D eigenvalue weighted by molar-refractivity contribution is 5.95. The molecule has 20 heavy (non-hydrogen) atoms. The van der Waals surface area contributed by atoms with Crippen LogP contribution in [0.1, 0.15) is 6.42 Å². The van der Waals surface area contributed by atoms with E-state index >= 15 is 0 Å². The van der Waals surface area contributed by atoms with Crippen LogP contribution in [-0.4, -0.2) is 39.1 Å². The van der Waals surface area contributed by atoms with Gasteiger partial charge in [0.15, 0.2) is 0 Å². The Morgan fingerprint density at radius 1 is 1.35 bits per heavy atom. The van der Waals surface area contributed by atoms with Crippen LogP contribution in [-0.2, 0) is 4.79 Å². The number of carbonyl (C=O) groups excluding carboxylic acids is 1. The Kier molecular flexibility index (Phi) is 4.49. The number of hydrogen-bond donors (Lipinski definition) is 3. The van der Waals surface area contributed by atoms with Gasteiger partial charge in [0.1, 0.15) is 5.75 Å². The number of nitrogens with one attached hydrogen (secondary N) is 3. The molecule has 1 fully saturated rings. The number of nitrogens with zero attached hydrogens (tertiary/aromatic N) is 3. The molecule has 1 amide bonds. The Morgan fingerprint density at radius 2 is 2.10 bits per heavy atom. The second kappa shape index (κ2) is 6.31. The van der Waals surface area contributed by atoms with Crippen molar-refractivity contribution < 1.29 is 9.53 Å². The lowest BCUT2D eigenvalue weighted by Gasteiger charge is -2.26. The molecule has 0 aliphatic carbocycles. The highest BCUT2D eigenvalue weighted by Gasteiger charge is 2.24. The Morgan fingerprint density at radius 3 is 2.65 bits per heavy atom. The average molecular weight is 297 g/mol. The number of ether oxygens (including phenoxy) is 1. The summed E-state index contributed by atoms with van der Waals surface area (Å²) in [6.45, 7) is 0.898. The highest BCUT2D eigenvalue weighted by atomic mass is 35.5. The molecule has 8 nitrogen and oxygen atoms in total. The fourth-order valence-electron chi connectivity index (χ4n) is 1.65. The van der Waals surface area contributed by atoms with E-state index in [1.54, 1.807) is 24.3 Å². The lowest BCUT2D eigenvalue weighted by atomic mass is 10.1. The number of H-pyrrole nitrogens is 1. The number of rotatable bonds is 4. The van der Waals surface area contributed by atoms with Gasteiger partial charge < -0.3 is 15.4 Å². The molecule has 1 saturated heterocycles. The number of amides is 1. The molecule has 2 aromatic rings. The maximum absolute atomic E-state index is 11.7. The van der Waals surface area contributed by atoms with Crippen molar-refractivity contribution >= 4 is 24.0 Å². The van der Waals surface area contributed by atoms with Gasteiger partial charge in [-0.15, -0.1) is 12.4 Å². The summed E-state index contributed by atoms with van der Waals surface area (Å²) in [4.78, 5) is 11.7. The molecule has 1 aliphatic heterocycles. The third-order valence-corrected chi connectivity index (χ3v) is 2.80. The standard InChI is InChI=1S/C11H12N6O2.ClH/c18-10(9-5-6-12-9)13-7-1-3-8(4-2-7)19-11-14-16-17-15-11;/h1-4,9,12H,5-6H2,(H,13,18)(H,14,15,16,17);1H. The minimum Gasteiger partial charge on any atom is -0.422 e. The number of hydrogen-bond acceptors (Lipinski definition) is 6. The predicted octanol–water partition coefficient (Wildman–Crippen LogP) is 0.714. The molecule has 0 saturated carbocycles. The van der Waals surface area contributed by atoms with Gasteiger partial charge in [0.2, 0.25) is 5.91 Å². The van der Waals surface area contributed by atoms with Crippen molar-refractivity contribution in [1.82, 2.24) is 25.9 Å². The van der Waals surface area contributed by atoms with Gasteiger partial charge in [0, 0.05) is 5.69 Å². The van der Waals surface area contributed by atoms with Crippen LogP contribution in [0.3, 0.4) is 0 Å². The molecule has 1 atom stereocenters. The van der Waals surface area contributed by atoms with Gasteiger partial charge in [-0.25, -0.2) is 0 Å². The molecule has 106 valence electrons.